The Morgan fingerprint density at radius 2 is 2.00 bits per heavy atom. The van der Waals surface area contributed by atoms with Crippen LogP contribution in [0.2, 0.25) is 0 Å². The van der Waals surface area contributed by atoms with Gasteiger partial charge >= 0.3 is 0 Å². The molecule has 1 saturated carbocycles. The molecule has 22 heavy (non-hydrogen) atoms. The van der Waals surface area contributed by atoms with E-state index in [1.54, 1.807) is 0 Å². The number of halogens is 2. The van der Waals surface area contributed by atoms with E-state index in [0.717, 1.165) is 48.7 Å². The van der Waals surface area contributed by atoms with Crippen molar-refractivity contribution in [1.82, 2.24) is 10.6 Å². The molecular formula is C17H24BrClN2O. The van der Waals surface area contributed by atoms with Crippen LogP contribution in [-0.4, -0.2) is 24.5 Å². The van der Waals surface area contributed by atoms with E-state index in [-0.39, 0.29) is 23.7 Å². The summed E-state index contributed by atoms with van der Waals surface area (Å²) < 4.78 is 1.06. The second-order valence-corrected chi connectivity index (χ2v) is 7.41. The second kappa shape index (κ2) is 7.33. The third kappa shape index (κ3) is 3.50. The highest BCUT2D eigenvalue weighted by molar-refractivity contribution is 9.10. The molecule has 1 aliphatic heterocycles. The highest BCUT2D eigenvalue weighted by Gasteiger charge is 2.46. The van der Waals surface area contributed by atoms with Gasteiger partial charge in [0.1, 0.15) is 0 Å². The third-order valence-electron chi connectivity index (χ3n) is 5.00. The zero-order valence-corrected chi connectivity index (χ0v) is 15.3. The summed E-state index contributed by atoms with van der Waals surface area (Å²) in [6, 6.07) is 9.07. The molecule has 2 fully saturated rings. The van der Waals surface area contributed by atoms with Gasteiger partial charge in [-0.3, -0.25) is 4.79 Å². The standard InChI is InChI=1S/C17H23BrN2O.ClH/c1-12-11-15(7-10-19-12)20-16(21)17(8-2-9-17)13-3-5-14(18)6-4-13;/h3-6,12,15,19H,2,7-11H2,1H3,(H,20,21);1H. The average molecular weight is 388 g/mol. The van der Waals surface area contributed by atoms with E-state index in [2.05, 4.69) is 45.6 Å². The van der Waals surface area contributed by atoms with Crippen molar-refractivity contribution in [1.29, 1.82) is 0 Å². The van der Waals surface area contributed by atoms with Gasteiger partial charge in [0.2, 0.25) is 5.91 Å². The van der Waals surface area contributed by atoms with Crippen molar-refractivity contribution in [2.45, 2.75) is 56.5 Å². The third-order valence-corrected chi connectivity index (χ3v) is 5.53. The van der Waals surface area contributed by atoms with Crippen molar-refractivity contribution in [2.75, 3.05) is 6.54 Å². The monoisotopic (exact) mass is 386 g/mol. The van der Waals surface area contributed by atoms with Gasteiger partial charge in [0.15, 0.2) is 0 Å². The summed E-state index contributed by atoms with van der Waals surface area (Å²) in [5.41, 5.74) is 0.880. The van der Waals surface area contributed by atoms with Gasteiger partial charge in [0.25, 0.3) is 0 Å². The summed E-state index contributed by atoms with van der Waals surface area (Å²) in [6.45, 7) is 3.18. The number of benzene rings is 1. The van der Waals surface area contributed by atoms with E-state index in [9.17, 15) is 4.79 Å². The fourth-order valence-electron chi connectivity index (χ4n) is 3.53. The Kier molecular flexibility index (Phi) is 5.92. The van der Waals surface area contributed by atoms with Gasteiger partial charge in [0, 0.05) is 16.6 Å². The Hall–Kier alpha value is -0.580. The van der Waals surface area contributed by atoms with Crippen LogP contribution in [0.25, 0.3) is 0 Å². The smallest absolute Gasteiger partial charge is 0.230 e. The molecule has 0 radical (unpaired) electrons. The Morgan fingerprint density at radius 3 is 2.55 bits per heavy atom. The molecule has 2 unspecified atom stereocenters. The average Bonchev–Trinajstić information content (AvgIpc) is 2.39. The molecule has 1 heterocycles. The molecule has 0 aromatic heterocycles. The van der Waals surface area contributed by atoms with Crippen molar-refractivity contribution in [3.63, 3.8) is 0 Å². The largest absolute Gasteiger partial charge is 0.352 e. The molecule has 3 rings (SSSR count). The number of carbonyl (C=O) groups excluding carboxylic acids is 1. The van der Waals surface area contributed by atoms with Crippen LogP contribution >= 0.6 is 28.3 Å². The topological polar surface area (TPSA) is 41.1 Å². The van der Waals surface area contributed by atoms with E-state index >= 15 is 0 Å². The molecule has 3 nitrogen and oxygen atoms in total. The lowest BCUT2D eigenvalue weighted by atomic mass is 9.63. The zero-order valence-electron chi connectivity index (χ0n) is 12.9. The Labute approximate surface area is 147 Å². The summed E-state index contributed by atoms with van der Waals surface area (Å²) in [6.07, 6.45) is 5.16. The van der Waals surface area contributed by atoms with Crippen LogP contribution in [-0.2, 0) is 10.2 Å². The lowest BCUT2D eigenvalue weighted by Gasteiger charge is -2.42. The predicted octanol–water partition coefficient (Wildman–Crippen LogP) is 3.55. The van der Waals surface area contributed by atoms with Crippen LogP contribution < -0.4 is 10.6 Å². The molecule has 1 amide bonds. The summed E-state index contributed by atoms with van der Waals surface area (Å²) in [7, 11) is 0. The first-order valence-corrected chi connectivity index (χ1v) is 8.70. The molecule has 0 spiro atoms. The minimum Gasteiger partial charge on any atom is -0.352 e. The number of carbonyl (C=O) groups is 1. The van der Waals surface area contributed by atoms with Crippen LogP contribution in [0, 0.1) is 0 Å². The first-order chi connectivity index (χ1) is 10.1. The van der Waals surface area contributed by atoms with Gasteiger partial charge in [-0.1, -0.05) is 34.5 Å². The number of amides is 1. The van der Waals surface area contributed by atoms with E-state index in [1.165, 1.54) is 0 Å². The van der Waals surface area contributed by atoms with E-state index < -0.39 is 0 Å². The number of piperidine rings is 1. The van der Waals surface area contributed by atoms with Crippen LogP contribution in [0.5, 0.6) is 0 Å². The molecule has 0 bridgehead atoms. The minimum atomic E-state index is -0.283. The molecular weight excluding hydrogens is 364 g/mol. The van der Waals surface area contributed by atoms with E-state index in [4.69, 9.17) is 0 Å². The number of rotatable bonds is 3. The SMILES string of the molecule is CC1CC(NC(=O)C2(c3ccc(Br)cc3)CCC2)CCN1.Cl. The molecule has 2 aliphatic rings. The predicted molar refractivity (Wildman–Crippen MR) is 95.5 cm³/mol. The quantitative estimate of drug-likeness (QED) is 0.833. The van der Waals surface area contributed by atoms with Crippen LogP contribution in [0.1, 0.15) is 44.6 Å². The molecule has 1 saturated heterocycles. The van der Waals surface area contributed by atoms with Gasteiger partial charge in [-0.25, -0.2) is 0 Å². The first kappa shape index (κ1) is 17.8. The minimum absolute atomic E-state index is 0. The molecule has 1 aromatic rings. The van der Waals surface area contributed by atoms with Gasteiger partial charge in [-0.2, -0.15) is 0 Å². The first-order valence-electron chi connectivity index (χ1n) is 7.90. The normalized spacial score (nSPS) is 26.5. The summed E-state index contributed by atoms with van der Waals surface area (Å²) in [5.74, 6) is 0.232. The molecule has 2 N–H and O–H groups in total. The van der Waals surface area contributed by atoms with Gasteiger partial charge in [-0.05, 0) is 56.8 Å². The molecule has 122 valence electrons. The lowest BCUT2D eigenvalue weighted by Crippen LogP contribution is -2.54. The summed E-state index contributed by atoms with van der Waals surface area (Å²) >= 11 is 3.47. The maximum atomic E-state index is 12.9. The maximum absolute atomic E-state index is 12.9. The zero-order chi connectivity index (χ0) is 14.9. The molecule has 1 aliphatic carbocycles. The Bertz CT molecular complexity index is 516. The number of nitrogens with one attached hydrogen (secondary N) is 2. The van der Waals surface area contributed by atoms with Gasteiger partial charge in [-0.15, -0.1) is 12.4 Å². The molecule has 2 atom stereocenters. The van der Waals surface area contributed by atoms with Crippen molar-refractivity contribution < 1.29 is 4.79 Å². The van der Waals surface area contributed by atoms with E-state index in [1.807, 2.05) is 12.1 Å². The van der Waals surface area contributed by atoms with Crippen molar-refractivity contribution in [2.24, 2.45) is 0 Å². The van der Waals surface area contributed by atoms with Crippen LogP contribution in [0.3, 0.4) is 0 Å². The maximum Gasteiger partial charge on any atom is 0.230 e. The summed E-state index contributed by atoms with van der Waals surface area (Å²) in [4.78, 5) is 12.9. The number of hydrogen-bond acceptors (Lipinski definition) is 2. The molecule has 5 heteroatoms. The van der Waals surface area contributed by atoms with Crippen molar-refractivity contribution >= 4 is 34.2 Å². The van der Waals surface area contributed by atoms with Crippen LogP contribution in [0.4, 0.5) is 0 Å². The highest BCUT2D eigenvalue weighted by Crippen LogP contribution is 2.44. The van der Waals surface area contributed by atoms with Gasteiger partial charge in [0.05, 0.1) is 5.41 Å². The van der Waals surface area contributed by atoms with E-state index in [0.29, 0.717) is 12.1 Å². The number of hydrogen-bond donors (Lipinski definition) is 2. The fourth-order valence-corrected chi connectivity index (χ4v) is 3.80. The molecule has 1 aromatic carbocycles. The van der Waals surface area contributed by atoms with Gasteiger partial charge < -0.3 is 10.6 Å². The Balaban J connectivity index is 0.00000176. The second-order valence-electron chi connectivity index (χ2n) is 6.49. The summed E-state index contributed by atoms with van der Waals surface area (Å²) in [5, 5.41) is 6.75. The lowest BCUT2D eigenvalue weighted by molar-refractivity contribution is -0.130. The van der Waals surface area contributed by atoms with Crippen molar-refractivity contribution in [3.8, 4) is 0 Å². The fraction of sp³-hybridized carbons (Fsp3) is 0.588. The van der Waals surface area contributed by atoms with Crippen molar-refractivity contribution in [3.05, 3.63) is 34.3 Å². The van der Waals surface area contributed by atoms with Crippen LogP contribution in [0.15, 0.2) is 28.7 Å². The highest BCUT2D eigenvalue weighted by atomic mass is 79.9. The Morgan fingerprint density at radius 1 is 1.32 bits per heavy atom.